The molecular weight excluding hydrogens is 443 g/mol. The van der Waals surface area contributed by atoms with Gasteiger partial charge in [0.25, 0.3) is 0 Å². The number of imidazole rings is 1. The van der Waals surface area contributed by atoms with Crippen molar-refractivity contribution in [1.29, 1.82) is 0 Å². The van der Waals surface area contributed by atoms with E-state index < -0.39 is 11.7 Å². The van der Waals surface area contributed by atoms with Gasteiger partial charge < -0.3 is 14.5 Å². The molecule has 2 aromatic heterocycles. The lowest BCUT2D eigenvalue weighted by Gasteiger charge is -2.19. The van der Waals surface area contributed by atoms with Crippen LogP contribution in [0.15, 0.2) is 36.5 Å². The molecule has 170 valence electrons. The maximum atomic E-state index is 12.7. The van der Waals surface area contributed by atoms with E-state index in [4.69, 9.17) is 26.1 Å². The molecule has 0 aliphatic heterocycles. The molecule has 1 aliphatic carbocycles. The van der Waals surface area contributed by atoms with Gasteiger partial charge in [-0.2, -0.15) is 13.2 Å². The van der Waals surface area contributed by atoms with Crippen molar-refractivity contribution in [2.75, 3.05) is 7.11 Å². The van der Waals surface area contributed by atoms with Crippen LogP contribution in [0.25, 0.3) is 11.3 Å². The number of ether oxygens (including phenoxy) is 2. The van der Waals surface area contributed by atoms with Crippen molar-refractivity contribution in [3.8, 4) is 22.8 Å². The molecule has 1 N–H and O–H groups in total. The number of pyridine rings is 1. The second-order valence-corrected chi connectivity index (χ2v) is 8.19. The van der Waals surface area contributed by atoms with Gasteiger partial charge in [0.05, 0.1) is 18.4 Å². The molecule has 0 unspecified atom stereocenters. The summed E-state index contributed by atoms with van der Waals surface area (Å²) in [5.74, 6) is 2.22. The van der Waals surface area contributed by atoms with E-state index in [9.17, 15) is 13.2 Å². The lowest BCUT2D eigenvalue weighted by atomic mass is 9.89. The van der Waals surface area contributed by atoms with Gasteiger partial charge >= 0.3 is 6.18 Å². The molecule has 4 rings (SSSR count). The molecule has 3 aromatic rings. The van der Waals surface area contributed by atoms with Crippen LogP contribution in [0, 0.1) is 0 Å². The number of benzene rings is 1. The average Bonchev–Trinajstić information content (AvgIpc) is 3.19. The molecule has 9 heteroatoms. The molecule has 0 amide bonds. The third-order valence-corrected chi connectivity index (χ3v) is 5.91. The first-order chi connectivity index (χ1) is 15.3. The Morgan fingerprint density at radius 2 is 1.88 bits per heavy atom. The van der Waals surface area contributed by atoms with Gasteiger partial charge in [-0.15, -0.1) is 0 Å². The summed E-state index contributed by atoms with van der Waals surface area (Å²) in [6.07, 6.45) is 2.25. The van der Waals surface area contributed by atoms with Gasteiger partial charge in [-0.1, -0.05) is 30.9 Å². The van der Waals surface area contributed by atoms with E-state index in [1.165, 1.54) is 32.4 Å². The maximum Gasteiger partial charge on any atom is 0.417 e. The molecule has 2 heterocycles. The molecule has 1 aliphatic rings. The van der Waals surface area contributed by atoms with Crippen molar-refractivity contribution >= 4 is 11.6 Å². The summed E-state index contributed by atoms with van der Waals surface area (Å²) in [6.45, 7) is 0.00281. The number of alkyl halides is 3. The number of H-pyrrole nitrogens is 1. The monoisotopic (exact) mass is 465 g/mol. The van der Waals surface area contributed by atoms with Crippen molar-refractivity contribution in [2.24, 2.45) is 0 Å². The molecule has 1 aromatic carbocycles. The highest BCUT2D eigenvalue weighted by atomic mass is 35.5. The Balaban J connectivity index is 1.49. The molecule has 0 saturated heterocycles. The summed E-state index contributed by atoms with van der Waals surface area (Å²) >= 11 is 6.44. The van der Waals surface area contributed by atoms with E-state index in [2.05, 4.69) is 9.97 Å². The fourth-order valence-corrected chi connectivity index (χ4v) is 4.14. The van der Waals surface area contributed by atoms with Crippen LogP contribution in [-0.4, -0.2) is 22.1 Å². The number of methoxy groups -OCH3 is 1. The minimum absolute atomic E-state index is 0.00281. The molecular formula is C23H23ClF3N3O2. The lowest BCUT2D eigenvalue weighted by Crippen LogP contribution is -2.07. The second kappa shape index (κ2) is 9.40. The number of hydrogen-bond acceptors (Lipinski definition) is 4. The van der Waals surface area contributed by atoms with Crippen LogP contribution in [0.2, 0.25) is 5.15 Å². The van der Waals surface area contributed by atoms with E-state index in [1.807, 2.05) is 6.07 Å². The number of rotatable bonds is 6. The average molecular weight is 466 g/mol. The standard InChI is InChI=1S/C23H23ClF3N3O2/c1-31-19-11-15(20-21(24)30-22(29-20)14-5-3-2-4-6-14)7-10-18(19)32-13-17-9-8-16(12-28-17)23(25,26)27/h7-12,14H,2-6,13H2,1H3,(H,29,30). The van der Waals surface area contributed by atoms with E-state index in [0.717, 1.165) is 36.5 Å². The van der Waals surface area contributed by atoms with Crippen molar-refractivity contribution < 1.29 is 22.6 Å². The summed E-state index contributed by atoms with van der Waals surface area (Å²) in [5.41, 5.74) is 1.01. The van der Waals surface area contributed by atoms with Gasteiger partial charge in [0.15, 0.2) is 11.5 Å². The van der Waals surface area contributed by atoms with Crippen LogP contribution >= 0.6 is 11.6 Å². The quantitative estimate of drug-likeness (QED) is 0.436. The lowest BCUT2D eigenvalue weighted by molar-refractivity contribution is -0.137. The summed E-state index contributed by atoms with van der Waals surface area (Å²) in [6, 6.07) is 7.60. The van der Waals surface area contributed by atoms with Gasteiger partial charge in [0, 0.05) is 17.7 Å². The second-order valence-electron chi connectivity index (χ2n) is 7.81. The van der Waals surface area contributed by atoms with Crippen molar-refractivity contribution in [3.63, 3.8) is 0 Å². The zero-order valence-corrected chi connectivity index (χ0v) is 18.3. The summed E-state index contributed by atoms with van der Waals surface area (Å²) in [5, 5.41) is 0.482. The first-order valence-electron chi connectivity index (χ1n) is 10.4. The van der Waals surface area contributed by atoms with Gasteiger partial charge in [0.2, 0.25) is 0 Å². The van der Waals surface area contributed by atoms with E-state index in [1.54, 1.807) is 12.1 Å². The third kappa shape index (κ3) is 5.01. The molecule has 0 bridgehead atoms. The summed E-state index contributed by atoms with van der Waals surface area (Å²) in [7, 11) is 1.52. The Bertz CT molecular complexity index is 1060. The number of hydrogen-bond donors (Lipinski definition) is 1. The maximum absolute atomic E-state index is 12.7. The van der Waals surface area contributed by atoms with Gasteiger partial charge in [-0.25, -0.2) is 4.98 Å². The number of nitrogens with one attached hydrogen (secondary N) is 1. The SMILES string of the molecule is COc1cc(-c2nc(C3CCCCC3)[nH]c2Cl)ccc1OCc1ccc(C(F)(F)F)cn1. The van der Waals surface area contributed by atoms with Crippen LogP contribution < -0.4 is 9.47 Å². The highest BCUT2D eigenvalue weighted by molar-refractivity contribution is 6.31. The Morgan fingerprint density at radius 3 is 2.53 bits per heavy atom. The zero-order valence-electron chi connectivity index (χ0n) is 17.5. The largest absolute Gasteiger partial charge is 0.493 e. The first-order valence-corrected chi connectivity index (χ1v) is 10.8. The molecule has 0 spiro atoms. The molecule has 1 fully saturated rings. The number of halogens is 4. The number of aromatic nitrogens is 3. The highest BCUT2D eigenvalue weighted by Gasteiger charge is 2.30. The van der Waals surface area contributed by atoms with Crippen LogP contribution in [0.1, 0.15) is 55.1 Å². The smallest absolute Gasteiger partial charge is 0.417 e. The molecule has 1 saturated carbocycles. The Morgan fingerprint density at radius 1 is 1.09 bits per heavy atom. The normalized spacial score (nSPS) is 15.0. The Kier molecular flexibility index (Phi) is 6.60. The minimum atomic E-state index is -4.42. The topological polar surface area (TPSA) is 60.0 Å². The Hall–Kier alpha value is -2.74. The number of nitrogens with zero attached hydrogens (tertiary/aromatic N) is 2. The molecule has 5 nitrogen and oxygen atoms in total. The predicted molar refractivity (Wildman–Crippen MR) is 115 cm³/mol. The van der Waals surface area contributed by atoms with Crippen LogP contribution in [0.4, 0.5) is 13.2 Å². The molecule has 32 heavy (non-hydrogen) atoms. The summed E-state index contributed by atoms with van der Waals surface area (Å²) in [4.78, 5) is 11.8. The first kappa shape index (κ1) is 22.5. The van der Waals surface area contributed by atoms with Gasteiger partial charge in [-0.3, -0.25) is 4.98 Å². The summed E-state index contributed by atoms with van der Waals surface area (Å²) < 4.78 is 49.2. The number of aromatic amines is 1. The molecule has 0 radical (unpaired) electrons. The third-order valence-electron chi connectivity index (χ3n) is 5.63. The van der Waals surface area contributed by atoms with Crippen LogP contribution in [0.3, 0.4) is 0 Å². The Labute approximate surface area is 188 Å². The van der Waals surface area contributed by atoms with Crippen molar-refractivity contribution in [3.05, 3.63) is 58.8 Å². The molecule has 0 atom stereocenters. The fourth-order valence-electron chi connectivity index (χ4n) is 3.89. The zero-order chi connectivity index (χ0) is 22.7. The minimum Gasteiger partial charge on any atom is -0.493 e. The van der Waals surface area contributed by atoms with Gasteiger partial charge in [0.1, 0.15) is 23.3 Å². The van der Waals surface area contributed by atoms with Crippen LogP contribution in [-0.2, 0) is 12.8 Å². The fraction of sp³-hybridized carbons (Fsp3) is 0.391. The van der Waals surface area contributed by atoms with E-state index in [0.29, 0.717) is 34.0 Å². The van der Waals surface area contributed by atoms with Crippen molar-refractivity contribution in [2.45, 2.75) is 50.8 Å². The van der Waals surface area contributed by atoms with Gasteiger partial charge in [-0.05, 0) is 43.2 Å². The van der Waals surface area contributed by atoms with E-state index in [-0.39, 0.29) is 6.61 Å². The van der Waals surface area contributed by atoms with Crippen molar-refractivity contribution in [1.82, 2.24) is 15.0 Å². The van der Waals surface area contributed by atoms with Crippen LogP contribution in [0.5, 0.6) is 11.5 Å². The highest BCUT2D eigenvalue weighted by Crippen LogP contribution is 2.38. The predicted octanol–water partition coefficient (Wildman–Crippen LogP) is 6.78. The van der Waals surface area contributed by atoms with E-state index >= 15 is 0 Å².